The minimum atomic E-state index is 0.831. The van der Waals surface area contributed by atoms with Gasteiger partial charge in [0.05, 0.1) is 17.9 Å². The van der Waals surface area contributed by atoms with Crippen molar-refractivity contribution >= 4 is 21.6 Å². The van der Waals surface area contributed by atoms with E-state index in [2.05, 4.69) is 62.1 Å². The molecule has 0 aliphatic rings. The number of hydrogen-bond acceptors (Lipinski definition) is 2. The average molecular weight is 308 g/mol. The molecule has 0 saturated carbocycles. The van der Waals surface area contributed by atoms with Gasteiger partial charge in [0, 0.05) is 18.4 Å². The lowest BCUT2D eigenvalue weighted by atomic mass is 10.3. The summed E-state index contributed by atoms with van der Waals surface area (Å²) in [5.74, 6) is 0. The SMILES string of the molecule is CCCn1cccc1CNc1ccc(Br)nc1C. The summed E-state index contributed by atoms with van der Waals surface area (Å²) in [5.41, 5.74) is 3.40. The van der Waals surface area contributed by atoms with Gasteiger partial charge in [-0.15, -0.1) is 0 Å². The van der Waals surface area contributed by atoms with Gasteiger partial charge in [-0.3, -0.25) is 0 Å². The van der Waals surface area contributed by atoms with E-state index in [1.54, 1.807) is 0 Å². The predicted molar refractivity (Wildman–Crippen MR) is 78.7 cm³/mol. The van der Waals surface area contributed by atoms with E-state index >= 15 is 0 Å². The molecule has 0 radical (unpaired) electrons. The molecule has 2 aromatic heterocycles. The Bertz CT molecular complexity index is 520. The number of nitrogens with zero attached hydrogens (tertiary/aromatic N) is 2. The van der Waals surface area contributed by atoms with Crippen LogP contribution in [0, 0.1) is 6.92 Å². The van der Waals surface area contributed by atoms with E-state index in [0.29, 0.717) is 0 Å². The fourth-order valence-corrected chi connectivity index (χ4v) is 2.37. The summed E-state index contributed by atoms with van der Waals surface area (Å²) in [7, 11) is 0. The van der Waals surface area contributed by atoms with E-state index in [4.69, 9.17) is 0 Å². The molecule has 2 rings (SSSR count). The normalized spacial score (nSPS) is 10.6. The zero-order chi connectivity index (χ0) is 13.0. The van der Waals surface area contributed by atoms with Crippen LogP contribution in [0.1, 0.15) is 24.7 Å². The van der Waals surface area contributed by atoms with Gasteiger partial charge in [-0.2, -0.15) is 0 Å². The van der Waals surface area contributed by atoms with Crippen molar-refractivity contribution in [2.75, 3.05) is 5.32 Å². The molecule has 3 nitrogen and oxygen atoms in total. The van der Waals surface area contributed by atoms with Crippen LogP contribution in [0.5, 0.6) is 0 Å². The first-order valence-electron chi connectivity index (χ1n) is 6.21. The van der Waals surface area contributed by atoms with Gasteiger partial charge in [0.2, 0.25) is 0 Å². The van der Waals surface area contributed by atoms with Gasteiger partial charge >= 0.3 is 0 Å². The topological polar surface area (TPSA) is 29.9 Å². The highest BCUT2D eigenvalue weighted by Gasteiger charge is 2.03. The molecule has 0 aliphatic heterocycles. The number of halogens is 1. The summed E-state index contributed by atoms with van der Waals surface area (Å²) in [6.07, 6.45) is 3.29. The number of nitrogens with one attached hydrogen (secondary N) is 1. The van der Waals surface area contributed by atoms with Crippen LogP contribution >= 0.6 is 15.9 Å². The third-order valence-corrected chi connectivity index (χ3v) is 3.34. The number of aryl methyl sites for hydroxylation is 2. The lowest BCUT2D eigenvalue weighted by Gasteiger charge is -2.11. The second-order valence-electron chi connectivity index (χ2n) is 4.31. The van der Waals surface area contributed by atoms with E-state index in [1.807, 2.05) is 13.0 Å². The van der Waals surface area contributed by atoms with Gasteiger partial charge < -0.3 is 9.88 Å². The van der Waals surface area contributed by atoms with Gasteiger partial charge in [-0.25, -0.2) is 4.98 Å². The van der Waals surface area contributed by atoms with Crippen LogP contribution in [0.4, 0.5) is 5.69 Å². The molecule has 2 heterocycles. The lowest BCUT2D eigenvalue weighted by molar-refractivity contribution is 0.654. The van der Waals surface area contributed by atoms with E-state index in [9.17, 15) is 0 Å². The third kappa shape index (κ3) is 3.13. The Morgan fingerprint density at radius 1 is 1.33 bits per heavy atom. The third-order valence-electron chi connectivity index (χ3n) is 2.90. The Hall–Kier alpha value is -1.29. The van der Waals surface area contributed by atoms with Crippen molar-refractivity contribution in [2.45, 2.75) is 33.4 Å². The summed E-state index contributed by atoms with van der Waals surface area (Å²) in [6.45, 7) is 6.11. The van der Waals surface area contributed by atoms with Gasteiger partial charge in [-0.1, -0.05) is 6.92 Å². The van der Waals surface area contributed by atoms with Crippen molar-refractivity contribution < 1.29 is 0 Å². The lowest BCUT2D eigenvalue weighted by Crippen LogP contribution is -2.08. The minimum Gasteiger partial charge on any atom is -0.378 e. The summed E-state index contributed by atoms with van der Waals surface area (Å²) in [5, 5.41) is 3.44. The second kappa shape index (κ2) is 6.05. The molecule has 0 aromatic carbocycles. The fourth-order valence-electron chi connectivity index (χ4n) is 1.97. The Kier molecular flexibility index (Phi) is 4.42. The molecular weight excluding hydrogens is 290 g/mol. The Balaban J connectivity index is 2.04. The molecule has 0 bridgehead atoms. The predicted octanol–water partition coefficient (Wildman–Crippen LogP) is 3.98. The molecule has 0 spiro atoms. The molecule has 2 aromatic rings. The van der Waals surface area contributed by atoms with E-state index in [1.165, 1.54) is 5.69 Å². The standard InChI is InChI=1S/C14H18BrN3/c1-3-8-18-9-4-5-12(18)10-16-13-6-7-14(15)17-11(13)2/h4-7,9,16H,3,8,10H2,1-2H3. The quantitative estimate of drug-likeness (QED) is 0.847. The number of aromatic nitrogens is 2. The first-order valence-corrected chi connectivity index (χ1v) is 7.01. The molecule has 1 N–H and O–H groups in total. The summed E-state index contributed by atoms with van der Waals surface area (Å²) >= 11 is 3.38. The largest absolute Gasteiger partial charge is 0.378 e. The zero-order valence-electron chi connectivity index (χ0n) is 10.8. The van der Waals surface area contributed by atoms with Crippen LogP contribution < -0.4 is 5.32 Å². The minimum absolute atomic E-state index is 0.831. The molecule has 96 valence electrons. The molecule has 0 atom stereocenters. The maximum atomic E-state index is 4.38. The van der Waals surface area contributed by atoms with Crippen molar-refractivity contribution in [3.05, 3.63) is 46.5 Å². The van der Waals surface area contributed by atoms with Crippen LogP contribution in [0.15, 0.2) is 35.1 Å². The highest BCUT2D eigenvalue weighted by molar-refractivity contribution is 9.10. The molecule has 0 fully saturated rings. The monoisotopic (exact) mass is 307 g/mol. The van der Waals surface area contributed by atoms with E-state index in [0.717, 1.165) is 35.5 Å². The molecule has 0 unspecified atom stereocenters. The first kappa shape index (κ1) is 13.1. The average Bonchev–Trinajstić information content (AvgIpc) is 2.76. The molecule has 4 heteroatoms. The molecule has 0 aliphatic carbocycles. The molecule has 18 heavy (non-hydrogen) atoms. The highest BCUT2D eigenvalue weighted by atomic mass is 79.9. The molecule has 0 amide bonds. The van der Waals surface area contributed by atoms with Crippen molar-refractivity contribution in [3.63, 3.8) is 0 Å². The maximum absolute atomic E-state index is 4.38. The Labute approximate surface area is 116 Å². The van der Waals surface area contributed by atoms with Gasteiger partial charge in [0.15, 0.2) is 0 Å². The first-order chi connectivity index (χ1) is 8.70. The highest BCUT2D eigenvalue weighted by Crippen LogP contribution is 2.17. The van der Waals surface area contributed by atoms with Gasteiger partial charge in [-0.05, 0) is 53.5 Å². The second-order valence-corrected chi connectivity index (χ2v) is 5.13. The number of rotatable bonds is 5. The van der Waals surface area contributed by atoms with Crippen LogP contribution in [0.3, 0.4) is 0 Å². The van der Waals surface area contributed by atoms with Crippen molar-refractivity contribution in [1.82, 2.24) is 9.55 Å². The fraction of sp³-hybridized carbons (Fsp3) is 0.357. The smallest absolute Gasteiger partial charge is 0.106 e. The molecule has 0 saturated heterocycles. The van der Waals surface area contributed by atoms with Crippen LogP contribution in [-0.4, -0.2) is 9.55 Å². The van der Waals surface area contributed by atoms with Gasteiger partial charge in [0.25, 0.3) is 0 Å². The zero-order valence-corrected chi connectivity index (χ0v) is 12.4. The number of pyridine rings is 1. The van der Waals surface area contributed by atoms with E-state index in [-0.39, 0.29) is 0 Å². The number of anilines is 1. The van der Waals surface area contributed by atoms with Crippen LogP contribution in [0.25, 0.3) is 0 Å². The van der Waals surface area contributed by atoms with Crippen LogP contribution in [-0.2, 0) is 13.1 Å². The summed E-state index contributed by atoms with van der Waals surface area (Å²) < 4.78 is 3.16. The summed E-state index contributed by atoms with van der Waals surface area (Å²) in [4.78, 5) is 4.38. The Morgan fingerprint density at radius 3 is 2.89 bits per heavy atom. The van der Waals surface area contributed by atoms with E-state index < -0.39 is 0 Å². The van der Waals surface area contributed by atoms with Crippen molar-refractivity contribution in [1.29, 1.82) is 0 Å². The summed E-state index contributed by atoms with van der Waals surface area (Å²) in [6, 6.07) is 8.27. The van der Waals surface area contributed by atoms with Crippen molar-refractivity contribution in [2.24, 2.45) is 0 Å². The van der Waals surface area contributed by atoms with Crippen LogP contribution in [0.2, 0.25) is 0 Å². The van der Waals surface area contributed by atoms with Crippen molar-refractivity contribution in [3.8, 4) is 0 Å². The molecular formula is C14H18BrN3. The maximum Gasteiger partial charge on any atom is 0.106 e. The number of hydrogen-bond donors (Lipinski definition) is 1. The Morgan fingerprint density at radius 2 is 2.17 bits per heavy atom. The van der Waals surface area contributed by atoms with Gasteiger partial charge in [0.1, 0.15) is 4.60 Å².